The fourth-order valence-electron chi connectivity index (χ4n) is 3.52. The molecule has 2 fully saturated rings. The number of nitrogens with zero attached hydrogens (tertiary/aromatic N) is 3. The van der Waals surface area contributed by atoms with E-state index in [-0.39, 0.29) is 42.6 Å². The van der Waals surface area contributed by atoms with Gasteiger partial charge in [0.05, 0.1) is 6.54 Å². The topological polar surface area (TPSA) is 91.1 Å². The van der Waals surface area contributed by atoms with Crippen molar-refractivity contribution >= 4 is 11.7 Å². The van der Waals surface area contributed by atoms with Crippen LogP contribution in [-0.4, -0.2) is 69.2 Å². The lowest BCUT2D eigenvalue weighted by atomic mass is 10.1. The van der Waals surface area contributed by atoms with Gasteiger partial charge in [-0.3, -0.25) is 20.0 Å². The van der Waals surface area contributed by atoms with Crippen LogP contribution in [-0.2, 0) is 11.3 Å². The van der Waals surface area contributed by atoms with Crippen molar-refractivity contribution in [3.05, 3.63) is 47.0 Å². The molecule has 2 saturated heterocycles. The lowest BCUT2D eigenvalue weighted by Gasteiger charge is -2.42. The maximum absolute atomic E-state index is 13.1. The summed E-state index contributed by atoms with van der Waals surface area (Å²) in [6.07, 6.45) is 0.776. The van der Waals surface area contributed by atoms with Gasteiger partial charge in [0, 0.05) is 13.1 Å². The van der Waals surface area contributed by atoms with Gasteiger partial charge in [-0.1, -0.05) is 12.1 Å². The molecule has 7 nitrogen and oxygen atoms in total. The summed E-state index contributed by atoms with van der Waals surface area (Å²) >= 11 is 0. The summed E-state index contributed by atoms with van der Waals surface area (Å²) < 4.78 is 13.1. The second kappa shape index (κ2) is 8.06. The highest BCUT2D eigenvalue weighted by Gasteiger charge is 2.40. The summed E-state index contributed by atoms with van der Waals surface area (Å²) in [6.45, 7) is 3.97. The fourth-order valence-corrected chi connectivity index (χ4v) is 3.52. The SMILES string of the molecule is CCN1C(=O)C(=C(O)CN2CCCC2)C(=N)N(Cc2ccc(F)cc2)C1O. The molecule has 146 valence electrons. The quantitative estimate of drug-likeness (QED) is 0.537. The molecule has 3 N–H and O–H groups in total. The number of rotatable bonds is 5. The molecule has 1 aromatic carbocycles. The van der Waals surface area contributed by atoms with Gasteiger partial charge in [-0.15, -0.1) is 0 Å². The molecule has 0 aliphatic carbocycles. The van der Waals surface area contributed by atoms with E-state index < -0.39 is 12.3 Å². The highest BCUT2D eigenvalue weighted by Crippen LogP contribution is 2.25. The van der Waals surface area contributed by atoms with E-state index in [4.69, 9.17) is 5.41 Å². The summed E-state index contributed by atoms with van der Waals surface area (Å²) in [5.74, 6) is -1.30. The molecule has 1 unspecified atom stereocenters. The predicted octanol–water partition coefficient (Wildman–Crippen LogP) is 1.65. The first kappa shape index (κ1) is 19.3. The van der Waals surface area contributed by atoms with E-state index in [1.165, 1.54) is 21.9 Å². The third-order valence-corrected chi connectivity index (χ3v) is 5.02. The molecule has 27 heavy (non-hydrogen) atoms. The van der Waals surface area contributed by atoms with Crippen LogP contribution in [0, 0.1) is 11.2 Å². The van der Waals surface area contributed by atoms with Crippen LogP contribution in [0.25, 0.3) is 0 Å². The van der Waals surface area contributed by atoms with Crippen molar-refractivity contribution in [1.82, 2.24) is 14.7 Å². The van der Waals surface area contributed by atoms with Gasteiger partial charge in [-0.2, -0.15) is 0 Å². The smallest absolute Gasteiger partial charge is 0.264 e. The zero-order chi connectivity index (χ0) is 19.6. The van der Waals surface area contributed by atoms with Crippen LogP contribution in [0.5, 0.6) is 0 Å². The molecule has 1 aromatic rings. The van der Waals surface area contributed by atoms with Crippen molar-refractivity contribution < 1.29 is 19.4 Å². The maximum Gasteiger partial charge on any atom is 0.264 e. The van der Waals surface area contributed by atoms with Gasteiger partial charge in [-0.25, -0.2) is 4.39 Å². The summed E-state index contributed by atoms with van der Waals surface area (Å²) in [5, 5.41) is 29.6. The highest BCUT2D eigenvalue weighted by molar-refractivity contribution is 6.21. The van der Waals surface area contributed by atoms with Crippen molar-refractivity contribution in [1.29, 1.82) is 5.41 Å². The molecule has 2 heterocycles. The van der Waals surface area contributed by atoms with E-state index in [0.717, 1.165) is 25.9 Å². The van der Waals surface area contributed by atoms with E-state index in [0.29, 0.717) is 5.56 Å². The van der Waals surface area contributed by atoms with E-state index >= 15 is 0 Å². The molecule has 1 atom stereocenters. The summed E-state index contributed by atoms with van der Waals surface area (Å²) in [5.41, 5.74) is 0.597. The standard InChI is InChI=1S/C19H25FN4O3/c1-2-23-18(26)16(15(25)12-22-9-3-4-10-22)17(21)24(19(23)27)11-13-5-7-14(20)8-6-13/h5-8,19,21,25,27H,2-4,9-12H2,1H3. The Morgan fingerprint density at radius 2 is 1.85 bits per heavy atom. The average Bonchev–Trinajstić information content (AvgIpc) is 3.13. The minimum atomic E-state index is -1.32. The van der Waals surface area contributed by atoms with Crippen LogP contribution < -0.4 is 0 Å². The van der Waals surface area contributed by atoms with Gasteiger partial charge < -0.3 is 15.1 Å². The van der Waals surface area contributed by atoms with Crippen LogP contribution in [0.4, 0.5) is 4.39 Å². The Morgan fingerprint density at radius 3 is 2.44 bits per heavy atom. The van der Waals surface area contributed by atoms with Crippen molar-refractivity contribution in [3.63, 3.8) is 0 Å². The Bertz CT molecular complexity index is 744. The van der Waals surface area contributed by atoms with Gasteiger partial charge >= 0.3 is 0 Å². The Balaban J connectivity index is 1.89. The van der Waals surface area contributed by atoms with E-state index in [2.05, 4.69) is 0 Å². The fraction of sp³-hybridized carbons (Fsp3) is 0.474. The number of hydrogen-bond acceptors (Lipinski definition) is 5. The second-order valence-corrected chi connectivity index (χ2v) is 6.85. The number of likely N-dealkylation sites (tertiary alicyclic amines) is 1. The lowest BCUT2D eigenvalue weighted by molar-refractivity contribution is -0.151. The van der Waals surface area contributed by atoms with Crippen LogP contribution in [0.3, 0.4) is 0 Å². The van der Waals surface area contributed by atoms with Gasteiger partial charge in [0.1, 0.15) is 23.0 Å². The number of halogens is 1. The van der Waals surface area contributed by atoms with Crippen molar-refractivity contribution in [2.75, 3.05) is 26.2 Å². The van der Waals surface area contributed by atoms with E-state index in [1.54, 1.807) is 19.1 Å². The molecule has 1 amide bonds. The predicted molar refractivity (Wildman–Crippen MR) is 98.4 cm³/mol. The normalized spacial score (nSPS) is 23.3. The monoisotopic (exact) mass is 376 g/mol. The number of aliphatic hydroxyl groups excluding tert-OH is 2. The molecule has 0 aromatic heterocycles. The summed E-state index contributed by atoms with van der Waals surface area (Å²) in [6, 6.07) is 5.74. The highest BCUT2D eigenvalue weighted by atomic mass is 19.1. The molecular formula is C19H25FN4O3. The molecule has 0 saturated carbocycles. The van der Waals surface area contributed by atoms with Gasteiger partial charge in [-0.05, 0) is 50.6 Å². The van der Waals surface area contributed by atoms with Gasteiger partial charge in [0.25, 0.3) is 5.91 Å². The number of nitrogens with one attached hydrogen (secondary N) is 1. The first-order valence-electron chi connectivity index (χ1n) is 9.16. The zero-order valence-electron chi connectivity index (χ0n) is 15.4. The van der Waals surface area contributed by atoms with Crippen molar-refractivity contribution in [2.24, 2.45) is 0 Å². The summed E-state index contributed by atoms with van der Waals surface area (Å²) in [4.78, 5) is 17.3. The second-order valence-electron chi connectivity index (χ2n) is 6.85. The Kier molecular flexibility index (Phi) is 5.76. The van der Waals surface area contributed by atoms with Crippen LogP contribution in [0.2, 0.25) is 0 Å². The van der Waals surface area contributed by atoms with Crippen LogP contribution in [0.15, 0.2) is 35.6 Å². The molecule has 2 aliphatic rings. The molecule has 2 aliphatic heterocycles. The van der Waals surface area contributed by atoms with Crippen molar-refractivity contribution in [2.45, 2.75) is 32.7 Å². The number of carbonyl (C=O) groups excluding carboxylic acids is 1. The first-order valence-corrected chi connectivity index (χ1v) is 9.16. The first-order chi connectivity index (χ1) is 12.9. The molecule has 3 rings (SSSR count). The molecule has 0 radical (unpaired) electrons. The minimum absolute atomic E-state index is 0.0869. The molecule has 0 spiro atoms. The molecular weight excluding hydrogens is 351 g/mol. The number of likely N-dealkylation sites (N-methyl/N-ethyl adjacent to an activating group) is 1. The minimum Gasteiger partial charge on any atom is -0.510 e. The number of aliphatic hydroxyl groups is 2. The third kappa shape index (κ3) is 3.96. The zero-order valence-corrected chi connectivity index (χ0v) is 15.4. The number of benzene rings is 1. The van der Waals surface area contributed by atoms with Gasteiger partial charge in [0.2, 0.25) is 6.35 Å². The van der Waals surface area contributed by atoms with E-state index in [9.17, 15) is 19.4 Å². The Labute approximate surface area is 157 Å². The van der Waals surface area contributed by atoms with E-state index in [1.807, 2.05) is 4.90 Å². The average molecular weight is 376 g/mol. The number of hydrogen-bond donors (Lipinski definition) is 3. The Hall–Kier alpha value is -2.45. The number of amidine groups is 1. The van der Waals surface area contributed by atoms with Crippen molar-refractivity contribution in [3.8, 4) is 0 Å². The van der Waals surface area contributed by atoms with Crippen LogP contribution in [0.1, 0.15) is 25.3 Å². The lowest BCUT2D eigenvalue weighted by Crippen LogP contribution is -2.59. The third-order valence-electron chi connectivity index (χ3n) is 5.02. The Morgan fingerprint density at radius 1 is 1.22 bits per heavy atom. The number of carbonyl (C=O) groups is 1. The largest absolute Gasteiger partial charge is 0.510 e. The number of amides is 1. The van der Waals surface area contributed by atoms with Crippen LogP contribution >= 0.6 is 0 Å². The molecule has 0 bridgehead atoms. The molecule has 8 heteroatoms. The summed E-state index contributed by atoms with van der Waals surface area (Å²) in [7, 11) is 0. The van der Waals surface area contributed by atoms with Gasteiger partial charge in [0.15, 0.2) is 0 Å². The maximum atomic E-state index is 13.1.